The highest BCUT2D eigenvalue weighted by Crippen LogP contribution is 2.25. The van der Waals surface area contributed by atoms with E-state index in [4.69, 9.17) is 23.2 Å². The summed E-state index contributed by atoms with van der Waals surface area (Å²) in [6, 6.07) is 8.01. The molecule has 0 aliphatic heterocycles. The molecule has 1 atom stereocenters. The number of rotatable bonds is 6. The average Bonchev–Trinajstić information content (AvgIpc) is 2.68. The summed E-state index contributed by atoms with van der Waals surface area (Å²) >= 11 is 12.6. The molecule has 1 aromatic carbocycles. The molecule has 0 aliphatic rings. The van der Waals surface area contributed by atoms with Crippen LogP contribution in [0.5, 0.6) is 0 Å². The van der Waals surface area contributed by atoms with Gasteiger partial charge in [-0.05, 0) is 50.9 Å². The molecule has 2 aromatic rings. The van der Waals surface area contributed by atoms with Crippen LogP contribution < -0.4 is 5.32 Å². The van der Waals surface area contributed by atoms with E-state index < -0.39 is 0 Å². The van der Waals surface area contributed by atoms with Gasteiger partial charge in [-0.1, -0.05) is 41.4 Å². The zero-order valence-electron chi connectivity index (χ0n) is 12.7. The fourth-order valence-electron chi connectivity index (χ4n) is 2.67. The molecule has 3 nitrogen and oxygen atoms in total. The van der Waals surface area contributed by atoms with Gasteiger partial charge >= 0.3 is 0 Å². The quantitative estimate of drug-likeness (QED) is 0.878. The van der Waals surface area contributed by atoms with Gasteiger partial charge in [0, 0.05) is 17.6 Å². The van der Waals surface area contributed by atoms with E-state index in [1.807, 2.05) is 39.2 Å². The molecule has 114 valence electrons. The lowest BCUT2D eigenvalue weighted by Gasteiger charge is -2.17. The first-order valence-corrected chi connectivity index (χ1v) is 7.84. The van der Waals surface area contributed by atoms with Gasteiger partial charge in [0.1, 0.15) is 5.15 Å². The lowest BCUT2D eigenvalue weighted by atomic mass is 9.92. The van der Waals surface area contributed by atoms with E-state index in [1.54, 1.807) is 4.68 Å². The summed E-state index contributed by atoms with van der Waals surface area (Å²) in [5.74, 6) is 0.426. The van der Waals surface area contributed by atoms with Crippen LogP contribution in [0, 0.1) is 12.8 Å². The third kappa shape index (κ3) is 4.00. The van der Waals surface area contributed by atoms with Gasteiger partial charge in [-0.25, -0.2) is 0 Å². The molecule has 0 radical (unpaired) electrons. The van der Waals surface area contributed by atoms with E-state index in [0.29, 0.717) is 5.92 Å². The Hall–Kier alpha value is -1.03. The summed E-state index contributed by atoms with van der Waals surface area (Å²) in [6.45, 7) is 2.92. The normalized spacial score (nSPS) is 12.6. The van der Waals surface area contributed by atoms with Gasteiger partial charge in [0.25, 0.3) is 0 Å². The van der Waals surface area contributed by atoms with Gasteiger partial charge in [0.05, 0.1) is 5.69 Å². The Bertz CT molecular complexity index is 608. The molecule has 0 saturated heterocycles. The molecule has 0 fully saturated rings. The molecular formula is C16H21Cl2N3. The summed E-state index contributed by atoms with van der Waals surface area (Å²) in [5.41, 5.74) is 3.31. The third-order valence-electron chi connectivity index (χ3n) is 3.72. The van der Waals surface area contributed by atoms with Gasteiger partial charge in [0.2, 0.25) is 0 Å². The standard InChI is InChI=1S/C16H21Cl2N3/c1-11-14(16(18)21(3)20-11)9-12(10-19-2)8-13-6-4-5-7-15(13)17/h4-7,12,19H,8-10H2,1-3H3. The van der Waals surface area contributed by atoms with Gasteiger partial charge in [0.15, 0.2) is 0 Å². The van der Waals surface area contributed by atoms with Crippen molar-refractivity contribution in [3.05, 3.63) is 51.3 Å². The number of benzene rings is 1. The molecule has 1 heterocycles. The molecule has 0 aliphatic carbocycles. The number of aromatic nitrogens is 2. The first kappa shape index (κ1) is 16.3. The van der Waals surface area contributed by atoms with E-state index in [2.05, 4.69) is 16.5 Å². The second-order valence-electron chi connectivity index (χ2n) is 5.40. The van der Waals surface area contributed by atoms with Crippen molar-refractivity contribution in [1.82, 2.24) is 15.1 Å². The minimum atomic E-state index is 0.426. The maximum atomic E-state index is 6.35. The molecule has 1 unspecified atom stereocenters. The Labute approximate surface area is 136 Å². The fraction of sp³-hybridized carbons (Fsp3) is 0.438. The average molecular weight is 326 g/mol. The third-order valence-corrected chi connectivity index (χ3v) is 4.56. The van der Waals surface area contributed by atoms with Crippen LogP contribution in [0.1, 0.15) is 16.8 Å². The molecule has 1 aromatic heterocycles. The Morgan fingerprint density at radius 3 is 2.52 bits per heavy atom. The van der Waals surface area contributed by atoms with Crippen molar-refractivity contribution in [3.63, 3.8) is 0 Å². The van der Waals surface area contributed by atoms with E-state index in [-0.39, 0.29) is 0 Å². The topological polar surface area (TPSA) is 29.9 Å². The van der Waals surface area contributed by atoms with Crippen molar-refractivity contribution in [1.29, 1.82) is 0 Å². The summed E-state index contributed by atoms with van der Waals surface area (Å²) < 4.78 is 1.73. The van der Waals surface area contributed by atoms with Crippen molar-refractivity contribution in [2.45, 2.75) is 19.8 Å². The van der Waals surface area contributed by atoms with Crippen LogP contribution in [0.3, 0.4) is 0 Å². The van der Waals surface area contributed by atoms with E-state index in [1.165, 1.54) is 5.56 Å². The Balaban J connectivity index is 2.18. The summed E-state index contributed by atoms with van der Waals surface area (Å²) in [5, 5.41) is 9.20. The molecule has 2 rings (SSSR count). The Morgan fingerprint density at radius 2 is 1.95 bits per heavy atom. The first-order valence-electron chi connectivity index (χ1n) is 7.09. The van der Waals surface area contributed by atoms with Crippen LogP contribution >= 0.6 is 23.2 Å². The number of hydrogen-bond acceptors (Lipinski definition) is 2. The molecule has 21 heavy (non-hydrogen) atoms. The highest BCUT2D eigenvalue weighted by molar-refractivity contribution is 6.31. The van der Waals surface area contributed by atoms with Crippen molar-refractivity contribution < 1.29 is 0 Å². The molecule has 0 spiro atoms. The highest BCUT2D eigenvalue weighted by Gasteiger charge is 2.18. The monoisotopic (exact) mass is 325 g/mol. The van der Waals surface area contributed by atoms with Crippen LogP contribution in [0.15, 0.2) is 24.3 Å². The minimum Gasteiger partial charge on any atom is -0.319 e. The van der Waals surface area contributed by atoms with Crippen molar-refractivity contribution >= 4 is 23.2 Å². The number of nitrogens with one attached hydrogen (secondary N) is 1. The van der Waals surface area contributed by atoms with E-state index in [0.717, 1.165) is 40.8 Å². The zero-order chi connectivity index (χ0) is 15.4. The van der Waals surface area contributed by atoms with Crippen LogP contribution in [0.2, 0.25) is 10.2 Å². The first-order chi connectivity index (χ1) is 10.0. The largest absolute Gasteiger partial charge is 0.319 e. The maximum Gasteiger partial charge on any atom is 0.130 e. The van der Waals surface area contributed by atoms with Gasteiger partial charge in [-0.2, -0.15) is 5.10 Å². The molecule has 0 saturated carbocycles. The molecule has 0 amide bonds. The van der Waals surface area contributed by atoms with Crippen LogP contribution in [0.25, 0.3) is 0 Å². The summed E-state index contributed by atoms with van der Waals surface area (Å²) in [6.07, 6.45) is 1.82. The molecular weight excluding hydrogens is 305 g/mol. The second-order valence-corrected chi connectivity index (χ2v) is 6.17. The Kier molecular flexibility index (Phi) is 5.68. The van der Waals surface area contributed by atoms with Crippen LogP contribution in [0.4, 0.5) is 0 Å². The van der Waals surface area contributed by atoms with Gasteiger partial charge in [-0.3, -0.25) is 4.68 Å². The van der Waals surface area contributed by atoms with Crippen LogP contribution in [-0.2, 0) is 19.9 Å². The lowest BCUT2D eigenvalue weighted by molar-refractivity contribution is 0.492. The minimum absolute atomic E-state index is 0.426. The van der Waals surface area contributed by atoms with Gasteiger partial charge in [-0.15, -0.1) is 0 Å². The fourth-order valence-corrected chi connectivity index (χ4v) is 3.14. The summed E-state index contributed by atoms with van der Waals surface area (Å²) in [4.78, 5) is 0. The molecule has 5 heteroatoms. The smallest absolute Gasteiger partial charge is 0.130 e. The predicted octanol–water partition coefficient (Wildman–Crippen LogP) is 3.66. The molecule has 0 bridgehead atoms. The lowest BCUT2D eigenvalue weighted by Crippen LogP contribution is -2.23. The second kappa shape index (κ2) is 7.30. The number of aryl methyl sites for hydroxylation is 2. The van der Waals surface area contributed by atoms with Crippen molar-refractivity contribution in [3.8, 4) is 0 Å². The number of hydrogen-bond donors (Lipinski definition) is 1. The SMILES string of the molecule is CNCC(Cc1ccccc1Cl)Cc1c(C)nn(C)c1Cl. The van der Waals surface area contributed by atoms with E-state index >= 15 is 0 Å². The number of halogens is 2. The van der Waals surface area contributed by atoms with Crippen molar-refractivity contribution in [2.75, 3.05) is 13.6 Å². The maximum absolute atomic E-state index is 6.35. The highest BCUT2D eigenvalue weighted by atomic mass is 35.5. The Morgan fingerprint density at radius 1 is 1.24 bits per heavy atom. The summed E-state index contributed by atoms with van der Waals surface area (Å²) in [7, 11) is 3.84. The predicted molar refractivity (Wildman–Crippen MR) is 89.2 cm³/mol. The molecule has 1 N–H and O–H groups in total. The van der Waals surface area contributed by atoms with Gasteiger partial charge < -0.3 is 5.32 Å². The van der Waals surface area contributed by atoms with E-state index in [9.17, 15) is 0 Å². The number of nitrogens with zero attached hydrogens (tertiary/aromatic N) is 2. The van der Waals surface area contributed by atoms with Crippen LogP contribution in [-0.4, -0.2) is 23.4 Å². The zero-order valence-corrected chi connectivity index (χ0v) is 14.2. The van der Waals surface area contributed by atoms with Crippen molar-refractivity contribution in [2.24, 2.45) is 13.0 Å².